The standard InChI is InChI=1S/C20H23F3N4OS/c1-4-5-8-26(12-20(21,22)23)19(28)14-10-16(17-7-6-9-29-17)25-18-15(14)11-24-27(18)13(2)3/h6-7,9-11,13H,4-5,8,12H2,1-3H3. The number of carbonyl (C=O) groups excluding carboxylic acids is 1. The number of fused-ring (bicyclic) bond motifs is 1. The third-order valence-corrected chi connectivity index (χ3v) is 5.39. The molecule has 9 heteroatoms. The van der Waals surface area contributed by atoms with Crippen LogP contribution in [0.5, 0.6) is 0 Å². The van der Waals surface area contributed by atoms with Crippen LogP contribution in [0.25, 0.3) is 21.6 Å². The Labute approximate surface area is 171 Å². The summed E-state index contributed by atoms with van der Waals surface area (Å²) in [4.78, 5) is 19.6. The van der Waals surface area contributed by atoms with Gasteiger partial charge in [0.05, 0.1) is 27.7 Å². The van der Waals surface area contributed by atoms with E-state index in [4.69, 9.17) is 0 Å². The van der Waals surface area contributed by atoms with Gasteiger partial charge in [0, 0.05) is 12.6 Å². The van der Waals surface area contributed by atoms with E-state index in [-0.39, 0.29) is 18.2 Å². The number of thiophene rings is 1. The molecule has 0 unspecified atom stereocenters. The first-order valence-corrected chi connectivity index (χ1v) is 10.4. The largest absolute Gasteiger partial charge is 0.406 e. The minimum atomic E-state index is -4.46. The van der Waals surface area contributed by atoms with Gasteiger partial charge in [-0.1, -0.05) is 19.4 Å². The van der Waals surface area contributed by atoms with Crippen molar-refractivity contribution in [3.63, 3.8) is 0 Å². The first kappa shape index (κ1) is 21.3. The molecule has 3 heterocycles. The van der Waals surface area contributed by atoms with Crippen molar-refractivity contribution >= 4 is 28.3 Å². The van der Waals surface area contributed by atoms with E-state index in [9.17, 15) is 18.0 Å². The Morgan fingerprint density at radius 2 is 2.10 bits per heavy atom. The second kappa shape index (κ2) is 8.52. The van der Waals surface area contributed by atoms with Crippen molar-refractivity contribution < 1.29 is 18.0 Å². The number of hydrogen-bond donors (Lipinski definition) is 0. The molecule has 0 spiro atoms. The fourth-order valence-corrected chi connectivity index (χ4v) is 3.80. The maximum absolute atomic E-state index is 13.2. The number of amides is 1. The van der Waals surface area contributed by atoms with Gasteiger partial charge in [0.1, 0.15) is 6.54 Å². The van der Waals surface area contributed by atoms with E-state index in [1.54, 1.807) is 10.7 Å². The molecular formula is C20H23F3N4OS. The van der Waals surface area contributed by atoms with Gasteiger partial charge < -0.3 is 4.90 Å². The second-order valence-corrected chi connectivity index (χ2v) is 8.10. The van der Waals surface area contributed by atoms with Crippen molar-refractivity contribution in [1.82, 2.24) is 19.7 Å². The van der Waals surface area contributed by atoms with E-state index in [1.807, 2.05) is 38.3 Å². The zero-order valence-electron chi connectivity index (χ0n) is 16.5. The van der Waals surface area contributed by atoms with Crippen molar-refractivity contribution in [2.75, 3.05) is 13.1 Å². The Bertz CT molecular complexity index is 980. The minimum absolute atomic E-state index is 0.00657. The highest BCUT2D eigenvalue weighted by Gasteiger charge is 2.34. The predicted octanol–water partition coefficient (Wildman–Crippen LogP) is 5.55. The van der Waals surface area contributed by atoms with Crippen molar-refractivity contribution in [3.8, 4) is 10.6 Å². The first-order valence-electron chi connectivity index (χ1n) is 9.49. The average Bonchev–Trinajstić information content (AvgIpc) is 3.32. The average molecular weight is 424 g/mol. The number of rotatable bonds is 7. The number of aromatic nitrogens is 3. The smallest absolute Gasteiger partial charge is 0.330 e. The summed E-state index contributed by atoms with van der Waals surface area (Å²) in [6.07, 6.45) is -1.76. The fraction of sp³-hybridized carbons (Fsp3) is 0.450. The van der Waals surface area contributed by atoms with E-state index >= 15 is 0 Å². The van der Waals surface area contributed by atoms with Gasteiger partial charge in [-0.25, -0.2) is 9.67 Å². The molecule has 1 amide bonds. The molecule has 0 saturated carbocycles. The molecule has 3 aromatic heterocycles. The fourth-order valence-electron chi connectivity index (χ4n) is 3.11. The summed E-state index contributed by atoms with van der Waals surface area (Å²) >= 11 is 1.46. The highest BCUT2D eigenvalue weighted by Crippen LogP contribution is 2.30. The normalized spacial score (nSPS) is 12.1. The van der Waals surface area contributed by atoms with Gasteiger partial charge in [-0.15, -0.1) is 11.3 Å². The summed E-state index contributed by atoms with van der Waals surface area (Å²) in [5.74, 6) is -0.649. The molecule has 29 heavy (non-hydrogen) atoms. The minimum Gasteiger partial charge on any atom is -0.330 e. The molecule has 156 valence electrons. The molecule has 0 bridgehead atoms. The van der Waals surface area contributed by atoms with Gasteiger partial charge in [0.15, 0.2) is 5.65 Å². The Kier molecular flexibility index (Phi) is 6.26. The highest BCUT2D eigenvalue weighted by atomic mass is 32.1. The topological polar surface area (TPSA) is 51.0 Å². The number of alkyl halides is 3. The molecule has 0 aromatic carbocycles. The van der Waals surface area contributed by atoms with E-state index in [2.05, 4.69) is 10.1 Å². The van der Waals surface area contributed by atoms with E-state index in [0.717, 1.165) is 9.78 Å². The summed E-state index contributed by atoms with van der Waals surface area (Å²) in [5.41, 5.74) is 1.25. The van der Waals surface area contributed by atoms with Crippen LogP contribution in [0.4, 0.5) is 13.2 Å². The van der Waals surface area contributed by atoms with Crippen LogP contribution in [-0.4, -0.2) is 44.8 Å². The monoisotopic (exact) mass is 424 g/mol. The van der Waals surface area contributed by atoms with Gasteiger partial charge in [0.2, 0.25) is 0 Å². The van der Waals surface area contributed by atoms with Crippen molar-refractivity contribution in [1.29, 1.82) is 0 Å². The van der Waals surface area contributed by atoms with Crippen LogP contribution >= 0.6 is 11.3 Å². The summed E-state index contributed by atoms with van der Waals surface area (Å²) in [6, 6.07) is 5.31. The van der Waals surface area contributed by atoms with Crippen molar-refractivity contribution in [3.05, 3.63) is 35.3 Å². The van der Waals surface area contributed by atoms with Gasteiger partial charge in [-0.05, 0) is 37.8 Å². The van der Waals surface area contributed by atoms with Crippen molar-refractivity contribution in [2.45, 2.75) is 45.8 Å². The molecule has 0 aliphatic rings. The number of nitrogens with zero attached hydrogens (tertiary/aromatic N) is 4. The lowest BCUT2D eigenvalue weighted by Crippen LogP contribution is -2.39. The van der Waals surface area contributed by atoms with E-state index < -0.39 is 18.6 Å². The van der Waals surface area contributed by atoms with Crippen LogP contribution in [-0.2, 0) is 0 Å². The number of unbranched alkanes of at least 4 members (excludes halogenated alkanes) is 1. The number of hydrogen-bond acceptors (Lipinski definition) is 4. The van der Waals surface area contributed by atoms with Crippen LogP contribution in [0, 0.1) is 0 Å². The molecule has 0 N–H and O–H groups in total. The van der Waals surface area contributed by atoms with Gasteiger partial charge in [-0.2, -0.15) is 18.3 Å². The summed E-state index contributed by atoms with van der Waals surface area (Å²) in [6.45, 7) is 4.52. The maximum atomic E-state index is 13.2. The van der Waals surface area contributed by atoms with Crippen LogP contribution in [0.3, 0.4) is 0 Å². The number of carbonyl (C=O) groups is 1. The van der Waals surface area contributed by atoms with E-state index in [0.29, 0.717) is 29.6 Å². The SMILES string of the molecule is CCCCN(CC(F)(F)F)C(=O)c1cc(-c2cccs2)nc2c1cnn2C(C)C. The van der Waals surface area contributed by atoms with Gasteiger partial charge >= 0.3 is 6.18 Å². The van der Waals surface area contributed by atoms with Crippen LogP contribution in [0.1, 0.15) is 50.0 Å². The summed E-state index contributed by atoms with van der Waals surface area (Å²) in [5, 5.41) is 6.67. The third kappa shape index (κ3) is 4.77. The highest BCUT2D eigenvalue weighted by molar-refractivity contribution is 7.13. The second-order valence-electron chi connectivity index (χ2n) is 7.15. The van der Waals surface area contributed by atoms with Crippen LogP contribution in [0.15, 0.2) is 29.8 Å². The molecule has 5 nitrogen and oxygen atoms in total. The number of halogens is 3. The molecule has 0 radical (unpaired) electrons. The molecule has 0 fully saturated rings. The molecule has 3 rings (SSSR count). The lowest BCUT2D eigenvalue weighted by atomic mass is 10.1. The zero-order chi connectivity index (χ0) is 21.2. The quantitative estimate of drug-likeness (QED) is 0.500. The lowest BCUT2D eigenvalue weighted by Gasteiger charge is -2.24. The molecule has 0 saturated heterocycles. The number of pyridine rings is 1. The van der Waals surface area contributed by atoms with Gasteiger partial charge in [0.25, 0.3) is 5.91 Å². The molecule has 0 atom stereocenters. The molecular weight excluding hydrogens is 401 g/mol. The molecule has 3 aromatic rings. The van der Waals surface area contributed by atoms with Gasteiger partial charge in [-0.3, -0.25) is 4.79 Å². The Balaban J connectivity index is 2.14. The predicted molar refractivity (Wildman–Crippen MR) is 108 cm³/mol. The first-order chi connectivity index (χ1) is 13.7. The lowest BCUT2D eigenvalue weighted by molar-refractivity contribution is -0.140. The summed E-state index contributed by atoms with van der Waals surface area (Å²) in [7, 11) is 0. The third-order valence-electron chi connectivity index (χ3n) is 4.50. The Morgan fingerprint density at radius 3 is 2.69 bits per heavy atom. The molecule has 0 aliphatic heterocycles. The Morgan fingerprint density at radius 1 is 1.34 bits per heavy atom. The van der Waals surface area contributed by atoms with Crippen molar-refractivity contribution in [2.24, 2.45) is 0 Å². The Hall–Kier alpha value is -2.42. The zero-order valence-corrected chi connectivity index (χ0v) is 17.3. The maximum Gasteiger partial charge on any atom is 0.406 e. The summed E-state index contributed by atoms with van der Waals surface area (Å²) < 4.78 is 41.0. The van der Waals surface area contributed by atoms with E-state index in [1.165, 1.54) is 17.5 Å². The van der Waals surface area contributed by atoms with Crippen LogP contribution in [0.2, 0.25) is 0 Å². The van der Waals surface area contributed by atoms with Crippen LogP contribution < -0.4 is 0 Å². The molecule has 0 aliphatic carbocycles.